The molecule has 0 aliphatic heterocycles. The minimum atomic E-state index is -0.0764. The zero-order chi connectivity index (χ0) is 37.4. The maximum absolute atomic E-state index is 6.49. The molecular weight excluding hydrogens is 681 g/mol. The lowest BCUT2D eigenvalue weighted by molar-refractivity contribution is 0.662. The highest BCUT2D eigenvalue weighted by molar-refractivity contribution is 6.10. The Labute approximate surface area is 325 Å². The van der Waals surface area contributed by atoms with Crippen LogP contribution < -0.4 is 0 Å². The van der Waals surface area contributed by atoms with Crippen LogP contribution in [0.25, 0.3) is 100.0 Å². The third-order valence-corrected chi connectivity index (χ3v) is 11.7. The van der Waals surface area contributed by atoms with Gasteiger partial charge in [-0.2, -0.15) is 0 Å². The number of furan rings is 1. The summed E-state index contributed by atoms with van der Waals surface area (Å²) >= 11 is 0. The van der Waals surface area contributed by atoms with Gasteiger partial charge in [0.05, 0.1) is 11.4 Å². The van der Waals surface area contributed by atoms with Crippen molar-refractivity contribution in [2.24, 2.45) is 0 Å². The lowest BCUT2D eigenvalue weighted by Crippen LogP contribution is -2.16. The number of benzene rings is 8. The van der Waals surface area contributed by atoms with E-state index in [4.69, 9.17) is 14.4 Å². The Kier molecular flexibility index (Phi) is 7.20. The van der Waals surface area contributed by atoms with Crippen molar-refractivity contribution in [2.75, 3.05) is 0 Å². The van der Waals surface area contributed by atoms with E-state index in [1.54, 1.807) is 0 Å². The van der Waals surface area contributed by atoms with Gasteiger partial charge >= 0.3 is 0 Å². The largest absolute Gasteiger partial charge is 0.455 e. The molecule has 0 bridgehead atoms. The van der Waals surface area contributed by atoms with Gasteiger partial charge < -0.3 is 4.42 Å². The quantitative estimate of drug-likeness (QED) is 0.178. The zero-order valence-electron chi connectivity index (χ0n) is 31.1. The van der Waals surface area contributed by atoms with Crippen molar-refractivity contribution in [3.63, 3.8) is 0 Å². The van der Waals surface area contributed by atoms with Crippen molar-refractivity contribution in [1.82, 2.24) is 9.97 Å². The summed E-state index contributed by atoms with van der Waals surface area (Å²) in [6, 6.07) is 64.7. The van der Waals surface area contributed by atoms with Crippen molar-refractivity contribution in [2.45, 2.75) is 19.3 Å². The van der Waals surface area contributed by atoms with Crippen LogP contribution in [0.2, 0.25) is 0 Å². The van der Waals surface area contributed by atoms with Gasteiger partial charge in [-0.25, -0.2) is 9.97 Å². The predicted molar refractivity (Wildman–Crippen MR) is 232 cm³/mol. The number of para-hydroxylation sites is 2. The highest BCUT2D eigenvalue weighted by Gasteiger charge is 2.37. The smallest absolute Gasteiger partial charge is 0.160 e. The summed E-state index contributed by atoms with van der Waals surface area (Å²) in [5.74, 6) is 0.675. The Morgan fingerprint density at radius 1 is 0.393 bits per heavy atom. The van der Waals surface area contributed by atoms with Gasteiger partial charge in [0, 0.05) is 32.9 Å². The minimum Gasteiger partial charge on any atom is -0.455 e. The molecule has 0 N–H and O–H groups in total. The van der Waals surface area contributed by atoms with Crippen LogP contribution in [0.3, 0.4) is 0 Å². The Balaban J connectivity index is 1.03. The first-order chi connectivity index (χ1) is 27.5. The standard InChI is InChI=1S/C53H36N2O/c1-53(2)46-24-10-8-18-40(46)43-21-12-20-37(50(43)53)34-28-26-33(27-29-34)36-30-31-41(39-17-7-6-16-38(36)39)47-32-48(55-52(54-47)35-14-4-3-5-15-35)45-23-13-22-44-42-19-9-11-25-49(42)56-51(44)45/h3-32H,1-2H3. The van der Waals surface area contributed by atoms with E-state index in [2.05, 4.69) is 166 Å². The van der Waals surface area contributed by atoms with E-state index in [1.165, 1.54) is 49.9 Å². The first-order valence-electron chi connectivity index (χ1n) is 19.2. The fraction of sp³-hybridized carbons (Fsp3) is 0.0566. The van der Waals surface area contributed by atoms with Crippen molar-refractivity contribution in [3.8, 4) is 67.3 Å². The van der Waals surface area contributed by atoms with Crippen LogP contribution in [0.4, 0.5) is 0 Å². The molecule has 0 radical (unpaired) electrons. The lowest BCUT2D eigenvalue weighted by Gasteiger charge is -2.24. The van der Waals surface area contributed by atoms with Gasteiger partial charge in [0.2, 0.25) is 0 Å². The molecule has 0 fully saturated rings. The molecule has 0 amide bonds. The molecule has 2 aromatic heterocycles. The summed E-state index contributed by atoms with van der Waals surface area (Å²) in [5, 5.41) is 4.49. The molecule has 10 aromatic rings. The maximum atomic E-state index is 6.49. The molecule has 0 atom stereocenters. The second-order valence-electron chi connectivity index (χ2n) is 15.3. The normalized spacial score (nSPS) is 13.0. The molecular formula is C53H36N2O. The van der Waals surface area contributed by atoms with Gasteiger partial charge in [0.15, 0.2) is 5.82 Å². The molecule has 3 nitrogen and oxygen atoms in total. The Morgan fingerprint density at radius 3 is 1.75 bits per heavy atom. The van der Waals surface area contributed by atoms with Gasteiger partial charge in [0.25, 0.3) is 0 Å². The second-order valence-corrected chi connectivity index (χ2v) is 15.3. The topological polar surface area (TPSA) is 38.9 Å². The SMILES string of the molecule is CC1(C)c2ccccc2-c2cccc(-c3ccc(-c4ccc(-c5cc(-c6cccc7c6oc6ccccc67)nc(-c6ccccc6)n5)c5ccccc45)cc3)c21. The van der Waals surface area contributed by atoms with Gasteiger partial charge in [-0.05, 0) is 73.5 Å². The lowest BCUT2D eigenvalue weighted by atomic mass is 9.79. The summed E-state index contributed by atoms with van der Waals surface area (Å²) in [4.78, 5) is 10.4. The molecule has 11 rings (SSSR count). The molecule has 8 aromatic carbocycles. The van der Waals surface area contributed by atoms with E-state index in [9.17, 15) is 0 Å². The highest BCUT2D eigenvalue weighted by Crippen LogP contribution is 2.52. The Hall–Kier alpha value is -7.10. The van der Waals surface area contributed by atoms with Crippen LogP contribution in [-0.4, -0.2) is 9.97 Å². The van der Waals surface area contributed by atoms with Gasteiger partial charge in [-0.1, -0.05) is 178 Å². The van der Waals surface area contributed by atoms with E-state index in [0.29, 0.717) is 5.82 Å². The van der Waals surface area contributed by atoms with E-state index in [-0.39, 0.29) is 5.41 Å². The van der Waals surface area contributed by atoms with Crippen LogP contribution in [-0.2, 0) is 5.41 Å². The summed E-state index contributed by atoms with van der Waals surface area (Å²) in [6.45, 7) is 4.71. The molecule has 3 heteroatoms. The number of fused-ring (bicyclic) bond motifs is 7. The Bertz CT molecular complexity index is 3150. The summed E-state index contributed by atoms with van der Waals surface area (Å²) < 4.78 is 6.49. The third kappa shape index (κ3) is 4.98. The molecule has 56 heavy (non-hydrogen) atoms. The molecule has 2 heterocycles. The Morgan fingerprint density at radius 2 is 0.946 bits per heavy atom. The summed E-state index contributed by atoms with van der Waals surface area (Å²) in [7, 11) is 0. The molecule has 264 valence electrons. The van der Waals surface area contributed by atoms with Crippen molar-refractivity contribution >= 4 is 32.7 Å². The van der Waals surface area contributed by atoms with Crippen molar-refractivity contribution in [1.29, 1.82) is 0 Å². The van der Waals surface area contributed by atoms with E-state index >= 15 is 0 Å². The minimum absolute atomic E-state index is 0.0764. The second kappa shape index (κ2) is 12.5. The van der Waals surface area contributed by atoms with E-state index in [1.807, 2.05) is 30.3 Å². The first-order valence-corrected chi connectivity index (χ1v) is 19.2. The number of hydrogen-bond acceptors (Lipinski definition) is 3. The van der Waals surface area contributed by atoms with Crippen molar-refractivity contribution in [3.05, 3.63) is 193 Å². The van der Waals surface area contributed by atoms with Crippen LogP contribution in [0.1, 0.15) is 25.0 Å². The predicted octanol–water partition coefficient (Wildman–Crippen LogP) is 14.2. The van der Waals surface area contributed by atoms with Crippen LogP contribution in [0, 0.1) is 0 Å². The molecule has 0 spiro atoms. The summed E-state index contributed by atoms with van der Waals surface area (Å²) in [6.07, 6.45) is 0. The fourth-order valence-corrected chi connectivity index (χ4v) is 9.08. The summed E-state index contributed by atoms with van der Waals surface area (Å²) in [5.41, 5.74) is 16.6. The number of rotatable bonds is 5. The fourth-order valence-electron chi connectivity index (χ4n) is 9.08. The molecule has 1 aliphatic rings. The van der Waals surface area contributed by atoms with E-state index < -0.39 is 0 Å². The third-order valence-electron chi connectivity index (χ3n) is 11.7. The van der Waals surface area contributed by atoms with Gasteiger partial charge in [-0.3, -0.25) is 0 Å². The monoisotopic (exact) mass is 716 g/mol. The number of nitrogens with zero attached hydrogens (tertiary/aromatic N) is 2. The van der Waals surface area contributed by atoms with Crippen molar-refractivity contribution < 1.29 is 4.42 Å². The first kappa shape index (κ1) is 32.3. The number of hydrogen-bond donors (Lipinski definition) is 0. The average Bonchev–Trinajstić information content (AvgIpc) is 3.76. The molecule has 0 saturated carbocycles. The molecule has 1 aliphatic carbocycles. The van der Waals surface area contributed by atoms with E-state index in [0.717, 1.165) is 55.4 Å². The van der Waals surface area contributed by atoms with Crippen LogP contribution in [0.15, 0.2) is 186 Å². The van der Waals surface area contributed by atoms with Gasteiger partial charge in [-0.15, -0.1) is 0 Å². The highest BCUT2D eigenvalue weighted by atomic mass is 16.3. The average molecular weight is 717 g/mol. The zero-order valence-corrected chi connectivity index (χ0v) is 31.1. The van der Waals surface area contributed by atoms with Crippen LogP contribution >= 0.6 is 0 Å². The molecule has 0 unspecified atom stereocenters. The van der Waals surface area contributed by atoms with Gasteiger partial charge in [0.1, 0.15) is 11.2 Å². The molecule has 0 saturated heterocycles. The van der Waals surface area contributed by atoms with Crippen LogP contribution in [0.5, 0.6) is 0 Å². The number of aromatic nitrogens is 2. The maximum Gasteiger partial charge on any atom is 0.160 e.